The number of aliphatic hydroxyl groups is 1. The number of benzene rings is 1. The molecule has 0 saturated carbocycles. The molecule has 1 rings (SSSR count). The average Bonchev–Trinajstić information content (AvgIpc) is 2.30. The quantitative estimate of drug-likeness (QED) is 0.620. The first-order valence-electron chi connectivity index (χ1n) is 5.45. The van der Waals surface area contributed by atoms with Gasteiger partial charge < -0.3 is 5.11 Å². The normalized spacial score (nSPS) is 14.9. The summed E-state index contributed by atoms with van der Waals surface area (Å²) < 4.78 is 0. The standard InChI is InChI=1S/C13H19BrO/c1-13(11-15,9-5-6-10-14)12-7-3-2-4-8-12/h2-4,7-8,15H,5-6,9-11H2,1H3/t13-/m0/s1. The Kier molecular flexibility index (Phi) is 5.34. The van der Waals surface area contributed by atoms with Gasteiger partial charge in [0.2, 0.25) is 0 Å². The minimum Gasteiger partial charge on any atom is -0.395 e. The second-order valence-corrected chi connectivity index (χ2v) is 5.02. The van der Waals surface area contributed by atoms with Crippen LogP contribution < -0.4 is 0 Å². The molecule has 1 N–H and O–H groups in total. The molecule has 15 heavy (non-hydrogen) atoms. The number of hydrogen-bond acceptors (Lipinski definition) is 1. The Morgan fingerprint density at radius 1 is 1.20 bits per heavy atom. The third-order valence-corrected chi connectivity index (χ3v) is 3.49. The third kappa shape index (κ3) is 3.62. The number of alkyl halides is 1. The lowest BCUT2D eigenvalue weighted by Gasteiger charge is -2.27. The summed E-state index contributed by atoms with van der Waals surface area (Å²) in [5.41, 5.74) is 1.16. The second-order valence-electron chi connectivity index (χ2n) is 4.23. The first-order chi connectivity index (χ1) is 7.23. The van der Waals surface area contributed by atoms with Crippen LogP contribution in [-0.4, -0.2) is 17.0 Å². The van der Waals surface area contributed by atoms with Crippen LogP contribution in [0.25, 0.3) is 0 Å². The highest BCUT2D eigenvalue weighted by atomic mass is 79.9. The molecule has 1 atom stereocenters. The predicted molar refractivity (Wildman–Crippen MR) is 68.5 cm³/mol. The van der Waals surface area contributed by atoms with Gasteiger partial charge in [0.1, 0.15) is 0 Å². The molecular formula is C13H19BrO. The minimum absolute atomic E-state index is 0.0799. The Morgan fingerprint density at radius 2 is 1.87 bits per heavy atom. The highest BCUT2D eigenvalue weighted by molar-refractivity contribution is 9.09. The number of aliphatic hydroxyl groups excluding tert-OH is 1. The molecule has 1 aromatic rings. The summed E-state index contributed by atoms with van der Waals surface area (Å²) in [7, 11) is 0. The molecule has 1 aromatic carbocycles. The van der Waals surface area contributed by atoms with E-state index in [0.717, 1.165) is 18.2 Å². The lowest BCUT2D eigenvalue weighted by atomic mass is 9.79. The van der Waals surface area contributed by atoms with Crippen molar-refractivity contribution in [1.82, 2.24) is 0 Å². The largest absolute Gasteiger partial charge is 0.395 e. The number of unbranched alkanes of at least 4 members (excludes halogenated alkanes) is 1. The maximum Gasteiger partial charge on any atom is 0.0525 e. The zero-order valence-electron chi connectivity index (χ0n) is 9.25. The summed E-state index contributed by atoms with van der Waals surface area (Å²) in [6.45, 7) is 2.36. The molecule has 0 radical (unpaired) electrons. The van der Waals surface area contributed by atoms with Gasteiger partial charge in [0.15, 0.2) is 0 Å². The van der Waals surface area contributed by atoms with Crippen LogP contribution >= 0.6 is 15.9 Å². The average molecular weight is 271 g/mol. The van der Waals surface area contributed by atoms with Crippen molar-refractivity contribution in [3.63, 3.8) is 0 Å². The van der Waals surface area contributed by atoms with E-state index in [0.29, 0.717) is 0 Å². The van der Waals surface area contributed by atoms with Crippen molar-refractivity contribution in [2.24, 2.45) is 0 Å². The van der Waals surface area contributed by atoms with Gasteiger partial charge in [0.05, 0.1) is 6.61 Å². The van der Waals surface area contributed by atoms with Crippen molar-refractivity contribution >= 4 is 15.9 Å². The first kappa shape index (κ1) is 12.7. The topological polar surface area (TPSA) is 20.2 Å². The lowest BCUT2D eigenvalue weighted by molar-refractivity contribution is 0.194. The molecule has 0 saturated heterocycles. The molecule has 0 aliphatic heterocycles. The Labute approximate surface area is 101 Å². The van der Waals surface area contributed by atoms with Gasteiger partial charge in [-0.05, 0) is 18.4 Å². The summed E-state index contributed by atoms with van der Waals surface area (Å²) in [5.74, 6) is 0. The molecule has 0 aliphatic carbocycles. The van der Waals surface area contributed by atoms with Gasteiger partial charge in [-0.1, -0.05) is 59.6 Å². The Bertz CT molecular complexity index is 273. The Morgan fingerprint density at radius 3 is 2.40 bits per heavy atom. The fraction of sp³-hybridized carbons (Fsp3) is 0.538. The Hall–Kier alpha value is -0.340. The van der Waals surface area contributed by atoms with Crippen LogP contribution in [0.15, 0.2) is 30.3 Å². The van der Waals surface area contributed by atoms with Gasteiger partial charge >= 0.3 is 0 Å². The molecular weight excluding hydrogens is 252 g/mol. The van der Waals surface area contributed by atoms with Crippen molar-refractivity contribution in [3.05, 3.63) is 35.9 Å². The van der Waals surface area contributed by atoms with Gasteiger partial charge in [0, 0.05) is 10.7 Å². The van der Waals surface area contributed by atoms with Crippen molar-refractivity contribution < 1.29 is 5.11 Å². The summed E-state index contributed by atoms with van der Waals surface area (Å²) in [6.07, 6.45) is 3.36. The summed E-state index contributed by atoms with van der Waals surface area (Å²) >= 11 is 3.43. The molecule has 2 heteroatoms. The molecule has 0 heterocycles. The van der Waals surface area contributed by atoms with Crippen molar-refractivity contribution in [2.45, 2.75) is 31.6 Å². The maximum absolute atomic E-state index is 9.53. The van der Waals surface area contributed by atoms with Crippen LogP contribution in [0.3, 0.4) is 0 Å². The molecule has 0 unspecified atom stereocenters. The number of halogens is 1. The van der Waals surface area contributed by atoms with E-state index in [1.54, 1.807) is 0 Å². The van der Waals surface area contributed by atoms with E-state index in [-0.39, 0.29) is 12.0 Å². The molecule has 1 nitrogen and oxygen atoms in total. The van der Waals surface area contributed by atoms with Gasteiger partial charge in [-0.25, -0.2) is 0 Å². The lowest BCUT2D eigenvalue weighted by Crippen LogP contribution is -2.26. The molecule has 0 aliphatic rings. The van der Waals surface area contributed by atoms with Crippen LogP contribution in [0.1, 0.15) is 31.7 Å². The van der Waals surface area contributed by atoms with E-state index in [2.05, 4.69) is 35.0 Å². The Balaban J connectivity index is 2.67. The van der Waals surface area contributed by atoms with Gasteiger partial charge in [-0.15, -0.1) is 0 Å². The molecule has 0 bridgehead atoms. The van der Waals surface area contributed by atoms with E-state index < -0.39 is 0 Å². The van der Waals surface area contributed by atoms with Crippen LogP contribution in [-0.2, 0) is 5.41 Å². The zero-order valence-corrected chi connectivity index (χ0v) is 10.8. The van der Waals surface area contributed by atoms with Crippen LogP contribution in [0.4, 0.5) is 0 Å². The molecule has 84 valence electrons. The van der Waals surface area contributed by atoms with Crippen LogP contribution in [0.2, 0.25) is 0 Å². The van der Waals surface area contributed by atoms with Gasteiger partial charge in [-0.2, -0.15) is 0 Å². The monoisotopic (exact) mass is 270 g/mol. The van der Waals surface area contributed by atoms with Gasteiger partial charge in [0.25, 0.3) is 0 Å². The van der Waals surface area contributed by atoms with Crippen molar-refractivity contribution in [2.75, 3.05) is 11.9 Å². The minimum atomic E-state index is -0.0799. The highest BCUT2D eigenvalue weighted by Gasteiger charge is 2.24. The molecule has 0 spiro atoms. The number of rotatable bonds is 6. The van der Waals surface area contributed by atoms with E-state index in [9.17, 15) is 5.11 Å². The van der Waals surface area contributed by atoms with Crippen molar-refractivity contribution in [3.8, 4) is 0 Å². The van der Waals surface area contributed by atoms with Gasteiger partial charge in [-0.3, -0.25) is 0 Å². The second kappa shape index (κ2) is 6.29. The molecule has 0 amide bonds. The highest BCUT2D eigenvalue weighted by Crippen LogP contribution is 2.28. The van der Waals surface area contributed by atoms with E-state index >= 15 is 0 Å². The first-order valence-corrected chi connectivity index (χ1v) is 6.57. The van der Waals surface area contributed by atoms with E-state index in [1.165, 1.54) is 12.0 Å². The maximum atomic E-state index is 9.53. The van der Waals surface area contributed by atoms with Crippen LogP contribution in [0, 0.1) is 0 Å². The third-order valence-electron chi connectivity index (χ3n) is 2.93. The molecule has 0 fully saturated rings. The van der Waals surface area contributed by atoms with E-state index in [4.69, 9.17) is 0 Å². The predicted octanol–water partition coefficient (Wildman–Crippen LogP) is 3.50. The summed E-state index contributed by atoms with van der Waals surface area (Å²) in [4.78, 5) is 0. The fourth-order valence-electron chi connectivity index (χ4n) is 1.76. The van der Waals surface area contributed by atoms with E-state index in [1.807, 2.05) is 18.2 Å². The van der Waals surface area contributed by atoms with Crippen LogP contribution in [0.5, 0.6) is 0 Å². The zero-order chi connectivity index (χ0) is 11.1. The molecule has 0 aromatic heterocycles. The SMILES string of the molecule is C[C@@](CO)(CCCCBr)c1ccccc1. The summed E-state index contributed by atoms with van der Waals surface area (Å²) in [6, 6.07) is 10.3. The smallest absolute Gasteiger partial charge is 0.0525 e. The number of hydrogen-bond donors (Lipinski definition) is 1. The van der Waals surface area contributed by atoms with Crippen molar-refractivity contribution in [1.29, 1.82) is 0 Å². The fourth-order valence-corrected chi connectivity index (χ4v) is 2.16. The summed E-state index contributed by atoms with van der Waals surface area (Å²) in [5, 5.41) is 10.6.